The number of rotatable bonds is 66. The maximum atomic E-state index is 15.6. The predicted octanol–water partition coefficient (Wildman–Crippen LogP) is 4.51. The number of benzene rings is 1. The molecule has 0 unspecified atom stereocenters. The highest BCUT2D eigenvalue weighted by atomic mass is 16.6. The van der Waals surface area contributed by atoms with Gasteiger partial charge in [0.1, 0.15) is 18.3 Å². The normalized spacial score (nSPS) is 11.2. The SMILES string of the molecule is CCOC(=O)CCN(CCC(=O)OCC)CC(CN(CCC(=O)OCC)CCC(=O)OCC)OC(=O)c1cc(C(=O)OC(CN(CCC(=O)OCC)CCC(=O)OCC)CN(CCC(=O)OCC)CCC(=O)OCC)cc(C(=O)OC(CN(CCC(=O)OCC)CCC(=O)OCC)CN(CCC(=O)OCC)CCC(=O)OCC)c1. The molecule has 0 heterocycles. The standard InChI is InChI=1S/C78H126N6O30/c1-13-100-64(85)25-37-79(38-26-65(86)101-14-2)52-61(53-80(39-27-66(87)102-15-3)40-28-67(88)103-16-4)112-76(97)58-49-59(77(98)113-62(54-81(41-29-68(89)104-17-5)42-30-69(90)105-18-6)55-82(43-31-70(91)106-19-7)44-32-71(92)107-20-8)51-60(50-58)78(99)114-63(56-83(45-33-72(93)108-21-9)46-34-73(94)109-22-10)57-84(47-35-74(95)110-23-11)48-36-75(96)111-24-12/h49-51,61-63H,13-48,52-57H2,1-12H3. The second kappa shape index (κ2) is 63.3. The van der Waals surface area contributed by atoms with E-state index in [9.17, 15) is 57.5 Å². The number of ether oxygens (including phenoxy) is 15. The minimum absolute atomic E-state index is 0.0417. The van der Waals surface area contributed by atoms with Crippen molar-refractivity contribution >= 4 is 89.5 Å². The first-order chi connectivity index (χ1) is 54.6. The van der Waals surface area contributed by atoms with E-state index in [1.54, 1.807) is 112 Å². The Labute approximate surface area is 669 Å². The molecule has 0 fully saturated rings. The molecule has 36 heteroatoms. The summed E-state index contributed by atoms with van der Waals surface area (Å²) in [4.78, 5) is 213. The van der Waals surface area contributed by atoms with Crippen LogP contribution in [0.25, 0.3) is 0 Å². The second-order valence-electron chi connectivity index (χ2n) is 25.3. The molecule has 0 saturated heterocycles. The third-order valence-electron chi connectivity index (χ3n) is 16.5. The summed E-state index contributed by atoms with van der Waals surface area (Å²) < 4.78 is 82.3. The van der Waals surface area contributed by atoms with E-state index in [1.165, 1.54) is 0 Å². The van der Waals surface area contributed by atoms with Crippen molar-refractivity contribution in [3.05, 3.63) is 34.9 Å². The summed E-state index contributed by atoms with van der Waals surface area (Å²) in [5.41, 5.74) is -1.51. The molecule has 0 amide bonds. The van der Waals surface area contributed by atoms with Gasteiger partial charge in [0.25, 0.3) is 0 Å². The summed E-state index contributed by atoms with van der Waals surface area (Å²) >= 11 is 0. The fraction of sp³-hybridized carbons (Fsp3) is 0.731. The number of esters is 15. The molecular formula is C78H126N6O30. The van der Waals surface area contributed by atoms with E-state index in [0.717, 1.165) is 18.2 Å². The van der Waals surface area contributed by atoms with Gasteiger partial charge in [-0.3, -0.25) is 86.9 Å². The van der Waals surface area contributed by atoms with Gasteiger partial charge < -0.3 is 71.1 Å². The Morgan fingerprint density at radius 2 is 0.307 bits per heavy atom. The second-order valence-corrected chi connectivity index (χ2v) is 25.3. The molecule has 1 aromatic carbocycles. The Morgan fingerprint density at radius 3 is 0.404 bits per heavy atom. The first kappa shape index (κ1) is 103. The highest BCUT2D eigenvalue weighted by molar-refractivity contribution is 6.00. The Balaban J connectivity index is 4.93. The van der Waals surface area contributed by atoms with Gasteiger partial charge in [-0.2, -0.15) is 0 Å². The maximum Gasteiger partial charge on any atom is 0.338 e. The fourth-order valence-electron chi connectivity index (χ4n) is 11.3. The lowest BCUT2D eigenvalue weighted by atomic mass is 10.0. The van der Waals surface area contributed by atoms with Gasteiger partial charge in [-0.1, -0.05) is 0 Å². The van der Waals surface area contributed by atoms with Gasteiger partial charge in [-0.05, 0) is 101 Å². The molecule has 648 valence electrons. The first-order valence-electron chi connectivity index (χ1n) is 39.6. The van der Waals surface area contributed by atoms with Crippen LogP contribution in [0.2, 0.25) is 0 Å². The largest absolute Gasteiger partial charge is 0.466 e. The molecule has 0 saturated carbocycles. The van der Waals surface area contributed by atoms with Crippen molar-refractivity contribution in [3.8, 4) is 0 Å². The van der Waals surface area contributed by atoms with Gasteiger partial charge in [0.05, 0.1) is 173 Å². The van der Waals surface area contributed by atoms with Gasteiger partial charge in [0.2, 0.25) is 0 Å². The Bertz CT molecular complexity index is 2470. The highest BCUT2D eigenvalue weighted by Gasteiger charge is 2.32. The van der Waals surface area contributed by atoms with Gasteiger partial charge in [0, 0.05) is 118 Å². The molecule has 0 N–H and O–H groups in total. The molecule has 0 bridgehead atoms. The highest BCUT2D eigenvalue weighted by Crippen LogP contribution is 2.21. The van der Waals surface area contributed by atoms with Crippen LogP contribution in [-0.4, -0.2) is 334 Å². The Kier molecular flexibility index (Phi) is 57.3. The van der Waals surface area contributed by atoms with Crippen LogP contribution in [0.3, 0.4) is 0 Å². The molecule has 0 aliphatic rings. The van der Waals surface area contributed by atoms with E-state index < -0.39 is 125 Å². The van der Waals surface area contributed by atoms with Gasteiger partial charge in [-0.15, -0.1) is 0 Å². The van der Waals surface area contributed by atoms with E-state index >= 15 is 14.4 Å². The van der Waals surface area contributed by atoms with Crippen LogP contribution in [0.15, 0.2) is 18.2 Å². The minimum atomic E-state index is -1.35. The van der Waals surface area contributed by atoms with Crippen molar-refractivity contribution in [2.24, 2.45) is 0 Å². The number of carbonyl (C=O) groups is 15. The molecule has 36 nitrogen and oxygen atoms in total. The van der Waals surface area contributed by atoms with Gasteiger partial charge in [0.15, 0.2) is 0 Å². The van der Waals surface area contributed by atoms with Crippen LogP contribution in [0.5, 0.6) is 0 Å². The summed E-state index contributed by atoms with van der Waals surface area (Å²) in [6.45, 7) is 17.4. The van der Waals surface area contributed by atoms with Crippen molar-refractivity contribution in [2.45, 2.75) is 178 Å². The topological polar surface area (TPSA) is 414 Å². The molecule has 0 aliphatic heterocycles. The summed E-state index contributed by atoms with van der Waals surface area (Å²) in [6, 6.07) is 3.18. The molecule has 1 aromatic rings. The van der Waals surface area contributed by atoms with E-state index in [-0.39, 0.29) is 274 Å². The smallest absolute Gasteiger partial charge is 0.338 e. The van der Waals surface area contributed by atoms with Crippen molar-refractivity contribution in [1.82, 2.24) is 29.4 Å². The molecule has 1 rings (SSSR count). The third-order valence-corrected chi connectivity index (χ3v) is 16.5. The van der Waals surface area contributed by atoms with Crippen LogP contribution in [0.4, 0.5) is 0 Å². The van der Waals surface area contributed by atoms with Crippen LogP contribution in [0.1, 0.15) is 191 Å². The fourth-order valence-corrected chi connectivity index (χ4v) is 11.3. The summed E-state index contributed by atoms with van der Waals surface area (Å²) in [5.74, 6) is -10.9. The van der Waals surface area contributed by atoms with Crippen LogP contribution < -0.4 is 0 Å². The Morgan fingerprint density at radius 1 is 0.202 bits per heavy atom. The van der Waals surface area contributed by atoms with Gasteiger partial charge >= 0.3 is 89.5 Å². The predicted molar refractivity (Wildman–Crippen MR) is 408 cm³/mol. The van der Waals surface area contributed by atoms with E-state index in [0.29, 0.717) is 0 Å². The zero-order valence-corrected chi connectivity index (χ0v) is 69.1. The number of nitrogens with zero attached hydrogens (tertiary/aromatic N) is 6. The maximum absolute atomic E-state index is 15.6. The van der Waals surface area contributed by atoms with Crippen molar-refractivity contribution in [3.63, 3.8) is 0 Å². The van der Waals surface area contributed by atoms with Gasteiger partial charge in [-0.25, -0.2) is 14.4 Å². The molecule has 0 spiro atoms. The van der Waals surface area contributed by atoms with E-state index in [4.69, 9.17) is 71.1 Å². The lowest BCUT2D eigenvalue weighted by molar-refractivity contribution is -0.145. The molecule has 0 aliphatic carbocycles. The molecule has 114 heavy (non-hydrogen) atoms. The molecular weight excluding hydrogens is 1500 g/mol. The van der Waals surface area contributed by atoms with Crippen molar-refractivity contribution < 1.29 is 143 Å². The zero-order chi connectivity index (χ0) is 85.0. The average molecular weight is 1630 g/mol. The molecule has 0 aromatic heterocycles. The van der Waals surface area contributed by atoms with Crippen LogP contribution >= 0.6 is 0 Å². The Hall–Kier alpha value is -8.97. The van der Waals surface area contributed by atoms with Crippen LogP contribution in [-0.2, 0) is 129 Å². The monoisotopic (exact) mass is 1630 g/mol. The summed E-state index contributed by atoms with van der Waals surface area (Å²) in [5, 5.41) is 0. The molecule has 0 radical (unpaired) electrons. The number of hydrogen-bond donors (Lipinski definition) is 0. The number of carbonyl (C=O) groups excluding carboxylic acids is 15. The lowest BCUT2D eigenvalue weighted by Gasteiger charge is -2.32. The minimum Gasteiger partial charge on any atom is -0.466 e. The van der Waals surface area contributed by atoms with E-state index in [2.05, 4.69) is 0 Å². The van der Waals surface area contributed by atoms with Crippen molar-refractivity contribution in [2.75, 3.05) is 197 Å². The average Bonchev–Trinajstić information content (AvgIpc) is 0.813. The summed E-state index contributed by atoms with van der Waals surface area (Å²) in [7, 11) is 0. The van der Waals surface area contributed by atoms with Crippen molar-refractivity contribution in [1.29, 1.82) is 0 Å². The first-order valence-corrected chi connectivity index (χ1v) is 39.6. The zero-order valence-electron chi connectivity index (χ0n) is 69.1. The third kappa shape index (κ3) is 49.6. The lowest BCUT2D eigenvalue weighted by Crippen LogP contribution is -2.45. The van der Waals surface area contributed by atoms with E-state index in [1.807, 2.05) is 0 Å². The quantitative estimate of drug-likeness (QED) is 0.0639. The van der Waals surface area contributed by atoms with Crippen LogP contribution in [0, 0.1) is 0 Å². The summed E-state index contributed by atoms with van der Waals surface area (Å²) in [6.07, 6.45) is -6.58. The number of hydrogen-bond acceptors (Lipinski definition) is 36. The molecule has 0 atom stereocenters.